The van der Waals surface area contributed by atoms with Gasteiger partial charge in [0.15, 0.2) is 0 Å². The molecule has 1 aromatic heterocycles. The number of carbonyl (C=O) groups excluding carboxylic acids is 1. The van der Waals surface area contributed by atoms with Crippen molar-refractivity contribution in [1.29, 1.82) is 0 Å². The lowest BCUT2D eigenvalue weighted by Gasteiger charge is -2.18. The maximum Gasteiger partial charge on any atom is 0.263 e. The third kappa shape index (κ3) is 4.15. The Balaban J connectivity index is 1.79. The summed E-state index contributed by atoms with van der Waals surface area (Å²) in [5, 5.41) is 4.11. The van der Waals surface area contributed by atoms with Crippen LogP contribution < -0.4 is 5.32 Å². The predicted octanol–water partition coefficient (Wildman–Crippen LogP) is 4.58. The maximum absolute atomic E-state index is 12.6. The Hall–Kier alpha value is -2.46. The highest BCUT2D eigenvalue weighted by Gasteiger charge is 2.18. The minimum absolute atomic E-state index is 0.0356. The Kier molecular flexibility index (Phi) is 5.61. The number of aryl methyl sites for hydroxylation is 2. The summed E-state index contributed by atoms with van der Waals surface area (Å²) in [6.45, 7) is 4.52. The molecule has 1 heterocycles. The van der Waals surface area contributed by atoms with Crippen molar-refractivity contribution >= 4 is 17.2 Å². The van der Waals surface area contributed by atoms with E-state index >= 15 is 0 Å². The largest absolute Gasteiger partial charge is 0.350 e. The molecule has 0 atom stereocenters. The molecule has 0 aliphatic carbocycles. The molecule has 3 nitrogen and oxygen atoms in total. The second kappa shape index (κ2) is 8.08. The number of aromatic nitrogens is 1. The normalized spacial score (nSPS) is 10.8. The van der Waals surface area contributed by atoms with Crippen LogP contribution in [0.1, 0.15) is 44.3 Å². The molecule has 0 aliphatic rings. The number of nitrogens with zero attached hydrogens (tertiary/aromatic N) is 1. The fourth-order valence-electron chi connectivity index (χ4n) is 2.89. The van der Waals surface area contributed by atoms with E-state index in [9.17, 15) is 4.79 Å². The molecule has 0 fully saturated rings. The van der Waals surface area contributed by atoms with Gasteiger partial charge in [-0.2, -0.15) is 0 Å². The van der Waals surface area contributed by atoms with Gasteiger partial charge in [0.2, 0.25) is 0 Å². The number of benzene rings is 2. The van der Waals surface area contributed by atoms with Crippen LogP contribution in [0.4, 0.5) is 0 Å². The molecule has 0 bridgehead atoms. The van der Waals surface area contributed by atoms with Crippen molar-refractivity contribution in [1.82, 2.24) is 10.3 Å². The second-order valence-corrected chi connectivity index (χ2v) is 7.04. The first-order chi connectivity index (χ1) is 12.2. The molecule has 128 valence electrons. The Morgan fingerprint density at radius 2 is 1.60 bits per heavy atom. The quantitative estimate of drug-likeness (QED) is 0.707. The first-order valence-electron chi connectivity index (χ1n) is 8.53. The number of hydrogen-bond acceptors (Lipinski definition) is 3. The lowest BCUT2D eigenvalue weighted by atomic mass is 9.91. The van der Waals surface area contributed by atoms with Crippen LogP contribution in [0.3, 0.4) is 0 Å². The summed E-state index contributed by atoms with van der Waals surface area (Å²) in [5.74, 6) is 0.0942. The van der Waals surface area contributed by atoms with Crippen molar-refractivity contribution in [2.45, 2.75) is 26.2 Å². The molecule has 1 amide bonds. The van der Waals surface area contributed by atoms with Crippen LogP contribution in [0, 0.1) is 6.92 Å². The van der Waals surface area contributed by atoms with E-state index in [1.54, 1.807) is 0 Å². The molecule has 0 spiro atoms. The first-order valence-corrected chi connectivity index (χ1v) is 9.35. The molecule has 4 heteroatoms. The van der Waals surface area contributed by atoms with Crippen LogP contribution in [0.15, 0.2) is 60.7 Å². The molecule has 25 heavy (non-hydrogen) atoms. The van der Waals surface area contributed by atoms with Crippen molar-refractivity contribution in [3.8, 4) is 0 Å². The van der Waals surface area contributed by atoms with Gasteiger partial charge in [0.25, 0.3) is 5.91 Å². The van der Waals surface area contributed by atoms with Crippen molar-refractivity contribution in [2.75, 3.05) is 6.54 Å². The lowest BCUT2D eigenvalue weighted by molar-refractivity contribution is 0.0955. The summed E-state index contributed by atoms with van der Waals surface area (Å²) in [7, 11) is 0. The summed E-state index contributed by atoms with van der Waals surface area (Å²) in [6, 6.07) is 20.6. The molecule has 2 aromatic carbocycles. The third-order valence-electron chi connectivity index (χ3n) is 4.22. The minimum atomic E-state index is -0.0356. The number of hydrogen-bond donors (Lipinski definition) is 1. The summed E-state index contributed by atoms with van der Waals surface area (Å²) in [5.41, 5.74) is 3.21. The Labute approximate surface area is 152 Å². The standard InChI is InChI=1S/C21H22N2OS/c1-3-19-23-15(2)20(25-19)21(24)22-14-18(16-10-6-4-7-11-16)17-12-8-5-9-13-17/h4-13,18H,3,14H2,1-2H3,(H,22,24). The van der Waals surface area contributed by atoms with E-state index < -0.39 is 0 Å². The highest BCUT2D eigenvalue weighted by Crippen LogP contribution is 2.24. The summed E-state index contributed by atoms with van der Waals surface area (Å²) in [4.78, 5) is 17.8. The molecule has 3 aromatic rings. The van der Waals surface area contributed by atoms with E-state index in [4.69, 9.17) is 0 Å². The van der Waals surface area contributed by atoms with Gasteiger partial charge in [-0.3, -0.25) is 4.79 Å². The molecule has 1 N–H and O–H groups in total. The highest BCUT2D eigenvalue weighted by molar-refractivity contribution is 7.13. The molecule has 0 radical (unpaired) electrons. The Bertz CT molecular complexity index is 788. The maximum atomic E-state index is 12.6. The molecule has 0 unspecified atom stereocenters. The monoisotopic (exact) mass is 350 g/mol. The number of rotatable bonds is 6. The van der Waals surface area contributed by atoms with Gasteiger partial charge in [-0.25, -0.2) is 4.98 Å². The van der Waals surface area contributed by atoms with Crippen LogP contribution in [-0.4, -0.2) is 17.4 Å². The molecule has 0 saturated carbocycles. The van der Waals surface area contributed by atoms with Crippen molar-refractivity contribution in [2.24, 2.45) is 0 Å². The van der Waals surface area contributed by atoms with Gasteiger partial charge in [-0.15, -0.1) is 11.3 Å². The van der Waals surface area contributed by atoms with Crippen LogP contribution >= 0.6 is 11.3 Å². The Morgan fingerprint density at radius 3 is 2.08 bits per heavy atom. The van der Waals surface area contributed by atoms with Crippen LogP contribution in [-0.2, 0) is 6.42 Å². The fraction of sp³-hybridized carbons (Fsp3) is 0.238. The van der Waals surface area contributed by atoms with Crippen molar-refractivity contribution in [3.63, 3.8) is 0 Å². The lowest BCUT2D eigenvalue weighted by Crippen LogP contribution is -2.28. The zero-order valence-corrected chi connectivity index (χ0v) is 15.3. The number of carbonyl (C=O) groups is 1. The second-order valence-electron chi connectivity index (χ2n) is 5.96. The topological polar surface area (TPSA) is 42.0 Å². The number of nitrogens with one attached hydrogen (secondary N) is 1. The highest BCUT2D eigenvalue weighted by atomic mass is 32.1. The van der Waals surface area contributed by atoms with Crippen LogP contribution in [0.2, 0.25) is 0 Å². The number of amides is 1. The molecular weight excluding hydrogens is 328 g/mol. The SMILES string of the molecule is CCc1nc(C)c(C(=O)NCC(c2ccccc2)c2ccccc2)s1. The van der Waals surface area contributed by atoms with E-state index in [1.165, 1.54) is 22.5 Å². The molecule has 0 aliphatic heterocycles. The van der Waals surface area contributed by atoms with Crippen LogP contribution in [0.5, 0.6) is 0 Å². The predicted molar refractivity (Wildman–Crippen MR) is 103 cm³/mol. The molecule has 3 rings (SSSR count). The average Bonchev–Trinajstić information content (AvgIpc) is 3.04. The van der Waals surface area contributed by atoms with Gasteiger partial charge >= 0.3 is 0 Å². The third-order valence-corrected chi connectivity index (χ3v) is 5.52. The van der Waals surface area contributed by atoms with E-state index in [0.29, 0.717) is 6.54 Å². The molecule has 0 saturated heterocycles. The smallest absolute Gasteiger partial charge is 0.263 e. The summed E-state index contributed by atoms with van der Waals surface area (Å²) >= 11 is 1.49. The molecular formula is C21H22N2OS. The van der Waals surface area contributed by atoms with E-state index in [2.05, 4.69) is 41.5 Å². The fourth-order valence-corrected chi connectivity index (χ4v) is 3.81. The Morgan fingerprint density at radius 1 is 1.04 bits per heavy atom. The zero-order chi connectivity index (χ0) is 17.6. The zero-order valence-electron chi connectivity index (χ0n) is 14.5. The van der Waals surface area contributed by atoms with E-state index in [-0.39, 0.29) is 11.8 Å². The van der Waals surface area contributed by atoms with Crippen LogP contribution in [0.25, 0.3) is 0 Å². The van der Waals surface area contributed by atoms with Crippen molar-refractivity contribution in [3.05, 3.63) is 87.4 Å². The number of thiazole rings is 1. The van der Waals surface area contributed by atoms with Gasteiger partial charge < -0.3 is 5.32 Å². The summed E-state index contributed by atoms with van der Waals surface area (Å²) < 4.78 is 0. The minimum Gasteiger partial charge on any atom is -0.350 e. The summed E-state index contributed by atoms with van der Waals surface area (Å²) in [6.07, 6.45) is 0.857. The van der Waals surface area contributed by atoms with Crippen molar-refractivity contribution < 1.29 is 4.79 Å². The average molecular weight is 350 g/mol. The van der Waals surface area contributed by atoms with E-state index in [0.717, 1.165) is 22.0 Å². The van der Waals surface area contributed by atoms with Gasteiger partial charge in [0.1, 0.15) is 4.88 Å². The van der Waals surface area contributed by atoms with Gasteiger partial charge in [-0.1, -0.05) is 67.6 Å². The van der Waals surface area contributed by atoms with Gasteiger partial charge in [-0.05, 0) is 24.5 Å². The van der Waals surface area contributed by atoms with E-state index in [1.807, 2.05) is 43.3 Å². The first kappa shape index (κ1) is 17.4. The van der Waals surface area contributed by atoms with Gasteiger partial charge in [0.05, 0.1) is 10.7 Å². The van der Waals surface area contributed by atoms with Gasteiger partial charge in [0, 0.05) is 12.5 Å².